The summed E-state index contributed by atoms with van der Waals surface area (Å²) in [5, 5.41) is 7.38. The van der Waals surface area contributed by atoms with E-state index >= 15 is 0 Å². The minimum atomic E-state index is -0.129. The molecule has 0 saturated carbocycles. The van der Waals surface area contributed by atoms with Crippen LogP contribution in [0.4, 0.5) is 5.69 Å². The van der Waals surface area contributed by atoms with Crippen LogP contribution < -0.4 is 10.6 Å². The minimum absolute atomic E-state index is 0.129. The molecule has 4 heteroatoms. The van der Waals surface area contributed by atoms with Crippen LogP contribution in [0, 0.1) is 6.92 Å². The lowest BCUT2D eigenvalue weighted by Gasteiger charge is -2.35. The quantitative estimate of drug-likeness (QED) is 0.335. The summed E-state index contributed by atoms with van der Waals surface area (Å²) in [5.41, 5.74) is 11.8. The van der Waals surface area contributed by atoms with E-state index in [1.165, 1.54) is 52.6 Å². The fraction of sp³-hybridized carbons (Fsp3) is 0.333. The maximum absolute atomic E-state index is 4.38. The molecule has 1 fully saturated rings. The average Bonchev–Trinajstić information content (AvgIpc) is 2.95. The fourth-order valence-electron chi connectivity index (χ4n) is 5.68. The first-order valence-electron chi connectivity index (χ1n) is 14.5. The first kappa shape index (κ1) is 27.6. The summed E-state index contributed by atoms with van der Waals surface area (Å²) >= 11 is 0. The second kappa shape index (κ2) is 11.3. The van der Waals surface area contributed by atoms with Gasteiger partial charge in [-0.3, -0.25) is 0 Å². The van der Waals surface area contributed by atoms with E-state index in [2.05, 4.69) is 141 Å². The number of piperidine rings is 1. The Bertz CT molecular complexity index is 1400. The van der Waals surface area contributed by atoms with Crippen LogP contribution in [0.5, 0.6) is 0 Å². The summed E-state index contributed by atoms with van der Waals surface area (Å²) in [6.45, 7) is 19.9. The molecule has 1 unspecified atom stereocenters. The Morgan fingerprint density at radius 3 is 2.20 bits per heavy atom. The Hall–Kier alpha value is -3.92. The molecule has 0 amide bonds. The zero-order valence-electron chi connectivity index (χ0n) is 24.8. The second-order valence-electron chi connectivity index (χ2n) is 12.2. The van der Waals surface area contributed by atoms with Crippen molar-refractivity contribution in [2.24, 2.45) is 0 Å². The average molecular weight is 533 g/mol. The van der Waals surface area contributed by atoms with E-state index < -0.39 is 0 Å². The molecule has 5 rings (SSSR count). The van der Waals surface area contributed by atoms with Gasteiger partial charge >= 0.3 is 0 Å². The van der Waals surface area contributed by atoms with Gasteiger partial charge in [-0.25, -0.2) is 0 Å². The second-order valence-corrected chi connectivity index (χ2v) is 12.2. The van der Waals surface area contributed by atoms with Gasteiger partial charge in [0.25, 0.3) is 0 Å². The molecule has 0 radical (unpaired) electrons. The van der Waals surface area contributed by atoms with Gasteiger partial charge in [-0.05, 0) is 71.6 Å². The number of likely N-dealkylation sites (tertiary alicyclic amines) is 1. The zero-order valence-corrected chi connectivity index (χ0v) is 24.8. The normalized spacial score (nSPS) is 17.8. The molecule has 0 bridgehead atoms. The van der Waals surface area contributed by atoms with Crippen molar-refractivity contribution in [1.29, 1.82) is 0 Å². The first-order chi connectivity index (χ1) is 19.1. The van der Waals surface area contributed by atoms with E-state index in [4.69, 9.17) is 0 Å². The summed E-state index contributed by atoms with van der Waals surface area (Å²) in [6, 6.07) is 24.2. The summed E-state index contributed by atoms with van der Waals surface area (Å²) in [6.07, 6.45) is 5.84. The molecule has 0 spiro atoms. The highest BCUT2D eigenvalue weighted by Crippen LogP contribution is 2.33. The van der Waals surface area contributed by atoms with Crippen LogP contribution in [0.15, 0.2) is 91.8 Å². The van der Waals surface area contributed by atoms with E-state index in [1.54, 1.807) is 0 Å². The lowest BCUT2D eigenvalue weighted by Crippen LogP contribution is -2.44. The van der Waals surface area contributed by atoms with Crippen LogP contribution in [0.1, 0.15) is 62.3 Å². The van der Waals surface area contributed by atoms with Crippen molar-refractivity contribution in [2.75, 3.05) is 25.5 Å². The minimum Gasteiger partial charge on any atom is -0.372 e. The van der Waals surface area contributed by atoms with Crippen molar-refractivity contribution in [1.82, 2.24) is 15.1 Å². The molecule has 2 heterocycles. The summed E-state index contributed by atoms with van der Waals surface area (Å²) in [4.78, 5) is 4.53. The summed E-state index contributed by atoms with van der Waals surface area (Å²) in [7, 11) is 2.06. The van der Waals surface area contributed by atoms with Crippen LogP contribution in [0.25, 0.3) is 22.5 Å². The molecule has 2 N–H and O–H groups in total. The molecular weight excluding hydrogens is 488 g/mol. The van der Waals surface area contributed by atoms with Crippen molar-refractivity contribution in [3.8, 4) is 11.1 Å². The van der Waals surface area contributed by atoms with Gasteiger partial charge in [-0.2, -0.15) is 0 Å². The van der Waals surface area contributed by atoms with Gasteiger partial charge in [0.1, 0.15) is 6.17 Å². The van der Waals surface area contributed by atoms with E-state index in [9.17, 15) is 0 Å². The van der Waals surface area contributed by atoms with Gasteiger partial charge in [0.15, 0.2) is 0 Å². The van der Waals surface area contributed by atoms with E-state index in [1.807, 2.05) is 0 Å². The Morgan fingerprint density at radius 2 is 1.55 bits per heavy atom. The molecule has 2 aliphatic heterocycles. The smallest absolute Gasteiger partial charge is 0.138 e. The molecule has 1 atom stereocenters. The standard InChI is InChI=1S/C36H44N4/c1-25-32(29-14-18-30(19-15-29)36(4,5)6)12-11-13-33(25)34-24-39(7)27(3)35(38-34)37-31-20-16-28(17-21-31)26(2)40-22-9-8-10-23-40/h11-21,24,35,37-38H,2-3,8-10,22-23H2,1,4-7H3. The van der Waals surface area contributed by atoms with Crippen LogP contribution in [0.3, 0.4) is 0 Å². The maximum atomic E-state index is 4.38. The van der Waals surface area contributed by atoms with Crippen molar-refractivity contribution < 1.29 is 0 Å². The highest BCUT2D eigenvalue weighted by Gasteiger charge is 2.24. The largest absolute Gasteiger partial charge is 0.372 e. The lowest BCUT2D eigenvalue weighted by molar-refractivity contribution is 0.326. The third-order valence-electron chi connectivity index (χ3n) is 8.36. The van der Waals surface area contributed by atoms with Gasteiger partial charge in [-0.1, -0.05) is 88.5 Å². The predicted molar refractivity (Wildman–Crippen MR) is 172 cm³/mol. The monoisotopic (exact) mass is 532 g/mol. The van der Waals surface area contributed by atoms with Crippen molar-refractivity contribution in [2.45, 2.75) is 58.5 Å². The topological polar surface area (TPSA) is 30.5 Å². The van der Waals surface area contributed by atoms with E-state index in [0.29, 0.717) is 0 Å². The highest BCUT2D eigenvalue weighted by atomic mass is 15.3. The Balaban J connectivity index is 1.33. The van der Waals surface area contributed by atoms with E-state index in [0.717, 1.165) is 35.9 Å². The van der Waals surface area contributed by atoms with Gasteiger partial charge in [0.2, 0.25) is 0 Å². The number of rotatable bonds is 6. The molecule has 1 saturated heterocycles. The summed E-state index contributed by atoms with van der Waals surface area (Å²) in [5.74, 6) is 0. The van der Waals surface area contributed by atoms with Gasteiger partial charge in [0.05, 0.1) is 11.4 Å². The molecule has 208 valence electrons. The van der Waals surface area contributed by atoms with Gasteiger partial charge in [0, 0.05) is 43.3 Å². The number of hydrogen-bond acceptors (Lipinski definition) is 4. The predicted octanol–water partition coefficient (Wildman–Crippen LogP) is 8.20. The molecular formula is C36H44N4. The first-order valence-corrected chi connectivity index (χ1v) is 14.5. The number of hydrogen-bond donors (Lipinski definition) is 2. The van der Waals surface area contributed by atoms with Gasteiger partial charge in [-0.15, -0.1) is 0 Å². The molecule has 2 aliphatic rings. The number of likely N-dealkylation sites (N-methyl/N-ethyl adjacent to an activating group) is 1. The Morgan fingerprint density at radius 1 is 0.900 bits per heavy atom. The van der Waals surface area contributed by atoms with Crippen LogP contribution in [-0.2, 0) is 5.41 Å². The van der Waals surface area contributed by atoms with Crippen LogP contribution in [-0.4, -0.2) is 36.1 Å². The van der Waals surface area contributed by atoms with Crippen molar-refractivity contribution in [3.63, 3.8) is 0 Å². The van der Waals surface area contributed by atoms with Crippen molar-refractivity contribution in [3.05, 3.63) is 114 Å². The zero-order chi connectivity index (χ0) is 28.4. The molecule has 0 aromatic heterocycles. The van der Waals surface area contributed by atoms with Crippen LogP contribution in [0.2, 0.25) is 0 Å². The number of nitrogens with one attached hydrogen (secondary N) is 2. The number of anilines is 1. The molecule has 3 aromatic rings. The Kier molecular flexibility index (Phi) is 7.80. The fourth-order valence-corrected chi connectivity index (χ4v) is 5.68. The number of benzene rings is 3. The maximum Gasteiger partial charge on any atom is 0.138 e. The third kappa shape index (κ3) is 5.82. The molecule has 0 aliphatic carbocycles. The molecule has 40 heavy (non-hydrogen) atoms. The molecule has 3 aromatic carbocycles. The summed E-state index contributed by atoms with van der Waals surface area (Å²) < 4.78 is 0. The molecule has 4 nitrogen and oxygen atoms in total. The number of nitrogens with zero attached hydrogens (tertiary/aromatic N) is 2. The SMILES string of the molecule is C=C1C(Nc2ccc(C(=C)N3CCCCC3)cc2)NC(c2cccc(-c3ccc(C(C)(C)C)cc3)c2C)=CN1C. The third-order valence-corrected chi connectivity index (χ3v) is 8.36. The Labute approximate surface area is 241 Å². The van der Waals surface area contributed by atoms with Gasteiger partial charge < -0.3 is 20.4 Å². The van der Waals surface area contributed by atoms with Crippen LogP contribution >= 0.6 is 0 Å². The van der Waals surface area contributed by atoms with Crippen molar-refractivity contribution >= 4 is 17.1 Å². The highest BCUT2D eigenvalue weighted by molar-refractivity contribution is 5.77. The lowest BCUT2D eigenvalue weighted by atomic mass is 9.85. The van der Waals surface area contributed by atoms with E-state index in [-0.39, 0.29) is 11.6 Å².